The first-order chi connectivity index (χ1) is 9.24. The highest BCUT2D eigenvalue weighted by Gasteiger charge is 2.12. The molecule has 5 nitrogen and oxygen atoms in total. The molecule has 3 aromatic rings. The van der Waals surface area contributed by atoms with Gasteiger partial charge in [0.1, 0.15) is 11.6 Å². The fraction of sp³-hybridized carbons (Fsp3) is 0.0769. The summed E-state index contributed by atoms with van der Waals surface area (Å²) in [5, 5.41) is 10.8. The van der Waals surface area contributed by atoms with Gasteiger partial charge >= 0.3 is 5.97 Å². The van der Waals surface area contributed by atoms with Crippen LogP contribution >= 0.6 is 11.3 Å². The number of aromatic nitrogens is 2. The van der Waals surface area contributed by atoms with E-state index in [1.807, 2.05) is 28.3 Å². The molecule has 0 amide bonds. The van der Waals surface area contributed by atoms with Crippen molar-refractivity contribution in [1.29, 1.82) is 0 Å². The smallest absolute Gasteiger partial charge is 0.371 e. The van der Waals surface area contributed by atoms with Crippen molar-refractivity contribution in [2.75, 3.05) is 0 Å². The lowest BCUT2D eigenvalue weighted by Crippen LogP contribution is -1.99. The monoisotopic (exact) mass is 274 g/mol. The molecule has 0 aliphatic heterocycles. The molecule has 0 spiro atoms. The quantitative estimate of drug-likeness (QED) is 0.794. The molecule has 0 fully saturated rings. The molecule has 0 radical (unpaired) electrons. The molecule has 96 valence electrons. The maximum absolute atomic E-state index is 10.8. The average molecular weight is 274 g/mol. The van der Waals surface area contributed by atoms with Gasteiger partial charge in [0.05, 0.1) is 11.4 Å². The minimum atomic E-state index is -1.06. The third kappa shape index (κ3) is 2.30. The Kier molecular flexibility index (Phi) is 2.92. The molecule has 0 bridgehead atoms. The summed E-state index contributed by atoms with van der Waals surface area (Å²) in [4.78, 5) is 16.1. The third-order valence-electron chi connectivity index (χ3n) is 2.66. The van der Waals surface area contributed by atoms with Crippen LogP contribution in [-0.4, -0.2) is 20.6 Å². The second-order valence-electron chi connectivity index (χ2n) is 3.93. The van der Waals surface area contributed by atoms with Crippen LogP contribution in [0, 0.1) is 0 Å². The molecule has 0 saturated heterocycles. The SMILES string of the molecule is O=C(O)c1ccc(Cn2ccnc2-c2cccs2)o1. The van der Waals surface area contributed by atoms with Crippen LogP contribution in [0.3, 0.4) is 0 Å². The number of thiophene rings is 1. The molecule has 6 heteroatoms. The standard InChI is InChI=1S/C13H10N2O3S/c16-13(17)10-4-3-9(18-10)8-15-6-5-14-12(15)11-2-1-7-19-11/h1-7H,8H2,(H,16,17). The van der Waals surface area contributed by atoms with Crippen molar-refractivity contribution in [2.24, 2.45) is 0 Å². The Bertz CT molecular complexity index is 697. The highest BCUT2D eigenvalue weighted by Crippen LogP contribution is 2.23. The second kappa shape index (κ2) is 4.74. The van der Waals surface area contributed by atoms with E-state index in [4.69, 9.17) is 9.52 Å². The van der Waals surface area contributed by atoms with Crippen molar-refractivity contribution in [3.63, 3.8) is 0 Å². The number of nitrogens with zero attached hydrogens (tertiary/aromatic N) is 2. The Morgan fingerprint density at radius 2 is 2.32 bits per heavy atom. The Balaban J connectivity index is 1.87. The van der Waals surface area contributed by atoms with Gasteiger partial charge in [-0.15, -0.1) is 11.3 Å². The predicted octanol–water partition coefficient (Wildman–Crippen LogP) is 2.95. The zero-order valence-corrected chi connectivity index (χ0v) is 10.6. The van der Waals surface area contributed by atoms with E-state index in [0.29, 0.717) is 12.3 Å². The van der Waals surface area contributed by atoms with E-state index in [0.717, 1.165) is 10.7 Å². The summed E-state index contributed by atoms with van der Waals surface area (Å²) in [6.45, 7) is 0.459. The summed E-state index contributed by atoms with van der Waals surface area (Å²) in [6.07, 6.45) is 3.56. The Labute approximate surface area is 112 Å². The van der Waals surface area contributed by atoms with Gasteiger partial charge in [-0.25, -0.2) is 9.78 Å². The summed E-state index contributed by atoms with van der Waals surface area (Å²) < 4.78 is 7.17. The lowest BCUT2D eigenvalue weighted by Gasteiger charge is -2.03. The predicted molar refractivity (Wildman–Crippen MR) is 70.3 cm³/mol. The maximum Gasteiger partial charge on any atom is 0.371 e. The highest BCUT2D eigenvalue weighted by molar-refractivity contribution is 7.13. The first-order valence-electron chi connectivity index (χ1n) is 5.61. The number of carboxylic acid groups (broad SMARTS) is 1. The molecule has 3 rings (SSSR count). The van der Waals surface area contributed by atoms with Crippen molar-refractivity contribution >= 4 is 17.3 Å². The van der Waals surface area contributed by atoms with E-state index in [2.05, 4.69) is 4.98 Å². The second-order valence-corrected chi connectivity index (χ2v) is 4.87. The number of imidazole rings is 1. The van der Waals surface area contributed by atoms with Crippen LogP contribution < -0.4 is 0 Å². The topological polar surface area (TPSA) is 68.3 Å². The molecule has 0 aromatic carbocycles. The van der Waals surface area contributed by atoms with E-state index in [1.165, 1.54) is 6.07 Å². The van der Waals surface area contributed by atoms with Gasteiger partial charge in [0.2, 0.25) is 5.76 Å². The zero-order chi connectivity index (χ0) is 13.2. The van der Waals surface area contributed by atoms with E-state index in [9.17, 15) is 4.79 Å². The molecule has 0 atom stereocenters. The normalized spacial score (nSPS) is 10.7. The number of carbonyl (C=O) groups is 1. The highest BCUT2D eigenvalue weighted by atomic mass is 32.1. The van der Waals surface area contributed by atoms with Gasteiger partial charge in [-0.1, -0.05) is 6.07 Å². The number of furan rings is 1. The number of hydrogen-bond acceptors (Lipinski definition) is 4. The van der Waals surface area contributed by atoms with Crippen molar-refractivity contribution < 1.29 is 14.3 Å². The largest absolute Gasteiger partial charge is 0.475 e. The lowest BCUT2D eigenvalue weighted by atomic mass is 10.4. The molecule has 3 aromatic heterocycles. The summed E-state index contributed by atoms with van der Waals surface area (Å²) in [7, 11) is 0. The van der Waals surface area contributed by atoms with E-state index in [-0.39, 0.29) is 5.76 Å². The molecule has 0 aliphatic rings. The molecule has 0 saturated carbocycles. The summed E-state index contributed by atoms with van der Waals surface area (Å²) >= 11 is 1.61. The van der Waals surface area contributed by atoms with Crippen LogP contribution in [0.5, 0.6) is 0 Å². The number of aromatic carboxylic acids is 1. The van der Waals surface area contributed by atoms with Crippen LogP contribution in [0.1, 0.15) is 16.3 Å². The minimum Gasteiger partial charge on any atom is -0.475 e. The van der Waals surface area contributed by atoms with Gasteiger partial charge < -0.3 is 14.1 Å². The van der Waals surface area contributed by atoms with Gasteiger partial charge in [0, 0.05) is 12.4 Å². The van der Waals surface area contributed by atoms with Crippen molar-refractivity contribution in [2.45, 2.75) is 6.54 Å². The first kappa shape index (κ1) is 11.7. The maximum atomic E-state index is 10.8. The van der Waals surface area contributed by atoms with Gasteiger partial charge in [0.15, 0.2) is 0 Å². The van der Waals surface area contributed by atoms with Gasteiger partial charge in [-0.3, -0.25) is 0 Å². The van der Waals surface area contributed by atoms with Crippen molar-refractivity contribution in [3.8, 4) is 10.7 Å². The molecule has 1 N–H and O–H groups in total. The number of hydrogen-bond donors (Lipinski definition) is 1. The summed E-state index contributed by atoms with van der Waals surface area (Å²) in [5.74, 6) is 0.333. The molecular weight excluding hydrogens is 264 g/mol. The lowest BCUT2D eigenvalue weighted by molar-refractivity contribution is 0.0660. The van der Waals surface area contributed by atoms with E-state index < -0.39 is 5.97 Å². The van der Waals surface area contributed by atoms with Crippen LogP contribution in [0.15, 0.2) is 46.5 Å². The molecular formula is C13H10N2O3S. The van der Waals surface area contributed by atoms with Crippen molar-refractivity contribution in [3.05, 3.63) is 53.6 Å². The van der Waals surface area contributed by atoms with Crippen molar-refractivity contribution in [1.82, 2.24) is 9.55 Å². The first-order valence-corrected chi connectivity index (χ1v) is 6.49. The average Bonchev–Trinajstić information content (AvgIpc) is 3.09. The van der Waals surface area contributed by atoms with Crippen LogP contribution in [0.25, 0.3) is 10.7 Å². The Hall–Kier alpha value is -2.34. The van der Waals surface area contributed by atoms with Gasteiger partial charge in [-0.2, -0.15) is 0 Å². The Morgan fingerprint density at radius 1 is 1.42 bits per heavy atom. The van der Waals surface area contributed by atoms with E-state index in [1.54, 1.807) is 23.6 Å². The molecule has 3 heterocycles. The Morgan fingerprint density at radius 3 is 3.00 bits per heavy atom. The van der Waals surface area contributed by atoms with Crippen LogP contribution in [-0.2, 0) is 6.54 Å². The summed E-state index contributed by atoms with van der Waals surface area (Å²) in [5.41, 5.74) is 0. The van der Waals surface area contributed by atoms with Crippen LogP contribution in [0.4, 0.5) is 0 Å². The zero-order valence-electron chi connectivity index (χ0n) is 9.81. The van der Waals surface area contributed by atoms with Crippen LogP contribution in [0.2, 0.25) is 0 Å². The summed E-state index contributed by atoms with van der Waals surface area (Å²) in [6, 6.07) is 7.09. The number of carboxylic acids is 1. The molecule has 0 aliphatic carbocycles. The van der Waals surface area contributed by atoms with Gasteiger partial charge in [-0.05, 0) is 23.6 Å². The minimum absolute atomic E-state index is 0.0483. The van der Waals surface area contributed by atoms with Gasteiger partial charge in [0.25, 0.3) is 0 Å². The van der Waals surface area contributed by atoms with E-state index >= 15 is 0 Å². The molecule has 0 unspecified atom stereocenters. The fourth-order valence-corrected chi connectivity index (χ4v) is 2.55. The molecule has 19 heavy (non-hydrogen) atoms. The third-order valence-corrected chi connectivity index (χ3v) is 3.52. The number of rotatable bonds is 4. The fourth-order valence-electron chi connectivity index (χ4n) is 1.81.